The molecular formula is C13H22N4O. The minimum atomic E-state index is 0.364. The lowest BCUT2D eigenvalue weighted by atomic mass is 10.3. The van der Waals surface area contributed by atoms with Crippen LogP contribution in [-0.2, 0) is 11.3 Å². The van der Waals surface area contributed by atoms with Crippen molar-refractivity contribution in [1.82, 2.24) is 14.9 Å². The molecule has 1 saturated heterocycles. The van der Waals surface area contributed by atoms with E-state index in [9.17, 15) is 0 Å². The molecule has 0 aromatic carbocycles. The van der Waals surface area contributed by atoms with Crippen LogP contribution in [0.4, 0.5) is 5.82 Å². The summed E-state index contributed by atoms with van der Waals surface area (Å²) in [5.74, 6) is 1.81. The summed E-state index contributed by atoms with van der Waals surface area (Å²) in [6.07, 6.45) is 1.46. The van der Waals surface area contributed by atoms with Gasteiger partial charge in [-0.3, -0.25) is 4.90 Å². The van der Waals surface area contributed by atoms with Gasteiger partial charge in [0.1, 0.15) is 11.6 Å². The van der Waals surface area contributed by atoms with Gasteiger partial charge in [0.2, 0.25) is 0 Å². The van der Waals surface area contributed by atoms with Crippen LogP contribution in [0.15, 0.2) is 6.07 Å². The lowest BCUT2D eigenvalue weighted by Crippen LogP contribution is -2.23. The van der Waals surface area contributed by atoms with Gasteiger partial charge in [-0.2, -0.15) is 0 Å². The minimum absolute atomic E-state index is 0.364. The minimum Gasteiger partial charge on any atom is -0.380 e. The summed E-state index contributed by atoms with van der Waals surface area (Å²) in [7, 11) is 1.78. The zero-order chi connectivity index (χ0) is 13.0. The zero-order valence-corrected chi connectivity index (χ0v) is 11.4. The number of ether oxygens (including phenoxy) is 1. The fourth-order valence-electron chi connectivity index (χ4n) is 2.31. The number of methoxy groups -OCH3 is 1. The molecule has 1 aliphatic rings. The number of aromatic nitrogens is 2. The smallest absolute Gasteiger partial charge is 0.144 e. The first kappa shape index (κ1) is 13.2. The second kappa shape index (κ2) is 6.11. The van der Waals surface area contributed by atoms with Crippen LogP contribution < -0.4 is 5.32 Å². The molecule has 5 nitrogen and oxygen atoms in total. The molecule has 1 atom stereocenters. The maximum Gasteiger partial charge on any atom is 0.144 e. The largest absolute Gasteiger partial charge is 0.380 e. The van der Waals surface area contributed by atoms with Crippen LogP contribution >= 0.6 is 0 Å². The number of nitrogens with one attached hydrogen (secondary N) is 1. The molecule has 1 aliphatic heterocycles. The van der Waals surface area contributed by atoms with Crippen LogP contribution in [0.1, 0.15) is 24.9 Å². The molecule has 100 valence electrons. The van der Waals surface area contributed by atoms with E-state index in [1.54, 1.807) is 7.11 Å². The summed E-state index contributed by atoms with van der Waals surface area (Å²) in [5.41, 5.74) is 1.01. The second-order valence-corrected chi connectivity index (χ2v) is 4.72. The zero-order valence-electron chi connectivity index (χ0n) is 11.4. The van der Waals surface area contributed by atoms with Gasteiger partial charge in [0, 0.05) is 38.5 Å². The van der Waals surface area contributed by atoms with E-state index >= 15 is 0 Å². The van der Waals surface area contributed by atoms with E-state index < -0.39 is 0 Å². The number of aryl methyl sites for hydroxylation is 1. The molecule has 1 aromatic rings. The quantitative estimate of drug-likeness (QED) is 0.857. The van der Waals surface area contributed by atoms with E-state index in [0.717, 1.165) is 49.9 Å². The molecule has 18 heavy (non-hydrogen) atoms. The van der Waals surface area contributed by atoms with Crippen molar-refractivity contribution >= 4 is 5.82 Å². The number of likely N-dealkylation sites (tertiary alicyclic amines) is 1. The van der Waals surface area contributed by atoms with Crippen LogP contribution in [0.3, 0.4) is 0 Å². The van der Waals surface area contributed by atoms with Crippen molar-refractivity contribution in [3.63, 3.8) is 0 Å². The topological polar surface area (TPSA) is 50.3 Å². The fourth-order valence-corrected chi connectivity index (χ4v) is 2.31. The summed E-state index contributed by atoms with van der Waals surface area (Å²) >= 11 is 0. The Morgan fingerprint density at radius 1 is 1.50 bits per heavy atom. The molecule has 0 aliphatic carbocycles. The van der Waals surface area contributed by atoms with Crippen molar-refractivity contribution in [2.45, 2.75) is 32.9 Å². The molecule has 0 spiro atoms. The van der Waals surface area contributed by atoms with Crippen molar-refractivity contribution < 1.29 is 4.74 Å². The second-order valence-electron chi connectivity index (χ2n) is 4.72. The Kier molecular flexibility index (Phi) is 4.49. The van der Waals surface area contributed by atoms with Gasteiger partial charge in [-0.25, -0.2) is 9.97 Å². The number of hydrogen-bond donors (Lipinski definition) is 1. The molecule has 5 heteroatoms. The average Bonchev–Trinajstić information content (AvgIpc) is 2.76. The van der Waals surface area contributed by atoms with Crippen LogP contribution in [-0.4, -0.2) is 47.7 Å². The van der Waals surface area contributed by atoms with Crippen molar-refractivity contribution in [2.75, 3.05) is 32.1 Å². The lowest BCUT2D eigenvalue weighted by molar-refractivity contribution is 0.107. The Bertz CT molecular complexity index is 397. The summed E-state index contributed by atoms with van der Waals surface area (Å²) in [4.78, 5) is 11.4. The van der Waals surface area contributed by atoms with E-state index in [-0.39, 0.29) is 0 Å². The van der Waals surface area contributed by atoms with Gasteiger partial charge in [0.05, 0.1) is 12.6 Å². The highest BCUT2D eigenvalue weighted by atomic mass is 16.5. The Balaban J connectivity index is 2.00. The Morgan fingerprint density at radius 2 is 2.33 bits per heavy atom. The predicted molar refractivity (Wildman–Crippen MR) is 71.6 cm³/mol. The van der Waals surface area contributed by atoms with Gasteiger partial charge in [-0.05, 0) is 20.3 Å². The van der Waals surface area contributed by atoms with Gasteiger partial charge < -0.3 is 10.1 Å². The Hall–Kier alpha value is -1.20. The van der Waals surface area contributed by atoms with Crippen molar-refractivity contribution in [3.8, 4) is 0 Å². The van der Waals surface area contributed by atoms with Crippen molar-refractivity contribution in [3.05, 3.63) is 17.6 Å². The molecule has 0 bridgehead atoms. The highest BCUT2D eigenvalue weighted by Gasteiger charge is 2.22. The van der Waals surface area contributed by atoms with Crippen LogP contribution in [0.5, 0.6) is 0 Å². The first-order valence-corrected chi connectivity index (χ1v) is 6.55. The third-order valence-electron chi connectivity index (χ3n) is 3.19. The van der Waals surface area contributed by atoms with Gasteiger partial charge >= 0.3 is 0 Å². The van der Waals surface area contributed by atoms with E-state index in [1.165, 1.54) is 0 Å². The first-order chi connectivity index (χ1) is 8.71. The van der Waals surface area contributed by atoms with Gasteiger partial charge in [-0.1, -0.05) is 0 Å². The first-order valence-electron chi connectivity index (χ1n) is 6.55. The molecule has 0 radical (unpaired) electrons. The normalized spacial score (nSPS) is 20.3. The van der Waals surface area contributed by atoms with Gasteiger partial charge in [-0.15, -0.1) is 0 Å². The Morgan fingerprint density at radius 3 is 3.00 bits per heavy atom. The fraction of sp³-hybridized carbons (Fsp3) is 0.692. The molecule has 0 amide bonds. The SMILES string of the molecule is CCNc1cc(C)nc(CN2CCC(OC)C2)n1. The Labute approximate surface area is 109 Å². The van der Waals surface area contributed by atoms with Crippen molar-refractivity contribution in [1.29, 1.82) is 0 Å². The number of nitrogens with zero attached hydrogens (tertiary/aromatic N) is 3. The summed E-state index contributed by atoms with van der Waals surface area (Å²) in [6, 6.07) is 1.98. The monoisotopic (exact) mass is 250 g/mol. The molecule has 2 heterocycles. The summed E-state index contributed by atoms with van der Waals surface area (Å²) in [5, 5.41) is 3.24. The molecule has 2 rings (SSSR count). The highest BCUT2D eigenvalue weighted by Crippen LogP contribution is 2.15. The van der Waals surface area contributed by atoms with Crippen molar-refractivity contribution in [2.24, 2.45) is 0 Å². The van der Waals surface area contributed by atoms with E-state index in [2.05, 4.69) is 27.1 Å². The lowest BCUT2D eigenvalue weighted by Gasteiger charge is -2.15. The van der Waals surface area contributed by atoms with E-state index in [1.807, 2.05) is 13.0 Å². The van der Waals surface area contributed by atoms with E-state index in [4.69, 9.17) is 4.74 Å². The maximum atomic E-state index is 5.37. The average molecular weight is 250 g/mol. The molecule has 0 saturated carbocycles. The third kappa shape index (κ3) is 3.40. The molecular weight excluding hydrogens is 228 g/mol. The highest BCUT2D eigenvalue weighted by molar-refractivity contribution is 5.35. The van der Waals surface area contributed by atoms with Gasteiger partial charge in [0.25, 0.3) is 0 Å². The third-order valence-corrected chi connectivity index (χ3v) is 3.19. The van der Waals surface area contributed by atoms with E-state index in [0.29, 0.717) is 6.10 Å². The predicted octanol–water partition coefficient (Wildman–Crippen LogP) is 1.44. The maximum absolute atomic E-state index is 5.37. The standard InChI is InChI=1S/C13H22N4O/c1-4-14-12-7-10(2)15-13(16-12)9-17-6-5-11(8-17)18-3/h7,11H,4-6,8-9H2,1-3H3,(H,14,15,16). The summed E-state index contributed by atoms with van der Waals surface area (Å²) < 4.78 is 5.37. The molecule has 1 fully saturated rings. The van der Waals surface area contributed by atoms with Crippen LogP contribution in [0.2, 0.25) is 0 Å². The number of hydrogen-bond acceptors (Lipinski definition) is 5. The summed E-state index contributed by atoms with van der Waals surface area (Å²) in [6.45, 7) is 7.80. The van der Waals surface area contributed by atoms with Crippen LogP contribution in [0.25, 0.3) is 0 Å². The molecule has 1 unspecified atom stereocenters. The molecule has 1 N–H and O–H groups in total. The number of rotatable bonds is 5. The number of anilines is 1. The van der Waals surface area contributed by atoms with Gasteiger partial charge in [0.15, 0.2) is 0 Å². The van der Waals surface area contributed by atoms with Crippen LogP contribution in [0, 0.1) is 6.92 Å². The molecule has 1 aromatic heterocycles.